The number of likely N-dealkylation sites (N-methyl/N-ethyl adjacent to an activating group) is 1. The van der Waals surface area contributed by atoms with E-state index in [1.54, 1.807) is 44.8 Å². The van der Waals surface area contributed by atoms with Gasteiger partial charge in [0.1, 0.15) is 0 Å². The van der Waals surface area contributed by atoms with Crippen LogP contribution in [0.2, 0.25) is 0 Å². The maximum Gasteiger partial charge on any atom is 0.224 e. The molecule has 1 atom stereocenters. The zero-order chi connectivity index (χ0) is 19.1. The number of hydrogen-bond acceptors (Lipinski definition) is 6. The maximum absolute atomic E-state index is 12.4. The topological polar surface area (TPSA) is 60.0 Å². The summed E-state index contributed by atoms with van der Waals surface area (Å²) in [5.74, 6) is 1.55. The van der Waals surface area contributed by atoms with Crippen molar-refractivity contribution >= 4 is 17.2 Å². The molecule has 0 fully saturated rings. The van der Waals surface area contributed by atoms with Gasteiger partial charge in [0, 0.05) is 6.54 Å². The molecule has 0 saturated heterocycles. The van der Waals surface area contributed by atoms with Gasteiger partial charge in [-0.3, -0.25) is 4.79 Å². The molecule has 0 radical (unpaired) electrons. The van der Waals surface area contributed by atoms with Crippen molar-refractivity contribution in [1.29, 1.82) is 0 Å². The van der Waals surface area contributed by atoms with Crippen LogP contribution in [-0.4, -0.2) is 52.8 Å². The van der Waals surface area contributed by atoms with Crippen LogP contribution < -0.4 is 19.5 Å². The molecule has 0 aliphatic carbocycles. The molecule has 7 heteroatoms. The van der Waals surface area contributed by atoms with Crippen molar-refractivity contribution in [1.82, 2.24) is 10.2 Å². The number of methoxy groups -OCH3 is 3. The second kappa shape index (κ2) is 9.45. The number of nitrogens with zero attached hydrogens (tertiary/aromatic N) is 1. The summed E-state index contributed by atoms with van der Waals surface area (Å²) in [6.07, 6.45) is 0.237. The highest BCUT2D eigenvalue weighted by Gasteiger charge is 2.17. The van der Waals surface area contributed by atoms with Crippen LogP contribution in [0.1, 0.15) is 17.2 Å². The Morgan fingerprint density at radius 2 is 1.81 bits per heavy atom. The number of nitrogens with one attached hydrogen (secondary N) is 1. The van der Waals surface area contributed by atoms with Crippen LogP contribution >= 0.6 is 11.3 Å². The summed E-state index contributed by atoms with van der Waals surface area (Å²) in [6, 6.07) is 5.82. The van der Waals surface area contributed by atoms with Crippen molar-refractivity contribution in [2.45, 2.75) is 12.5 Å². The monoisotopic (exact) mass is 378 g/mol. The first-order chi connectivity index (χ1) is 12.5. The lowest BCUT2D eigenvalue weighted by Crippen LogP contribution is -2.35. The highest BCUT2D eigenvalue weighted by Crippen LogP contribution is 2.38. The Bertz CT molecular complexity index is 691. The molecule has 26 heavy (non-hydrogen) atoms. The van der Waals surface area contributed by atoms with Crippen LogP contribution in [0.5, 0.6) is 17.2 Å². The van der Waals surface area contributed by atoms with Gasteiger partial charge in [0.15, 0.2) is 11.5 Å². The van der Waals surface area contributed by atoms with E-state index in [1.807, 2.05) is 19.5 Å². The molecule has 2 rings (SSSR count). The lowest BCUT2D eigenvalue weighted by atomic mass is 10.1. The van der Waals surface area contributed by atoms with Crippen LogP contribution in [0.4, 0.5) is 0 Å². The first kappa shape index (κ1) is 20.1. The van der Waals surface area contributed by atoms with Gasteiger partial charge < -0.3 is 24.4 Å². The average Bonchev–Trinajstić information content (AvgIpc) is 3.14. The molecule has 0 bridgehead atoms. The highest BCUT2D eigenvalue weighted by atomic mass is 32.1. The lowest BCUT2D eigenvalue weighted by molar-refractivity contribution is -0.120. The van der Waals surface area contributed by atoms with Gasteiger partial charge >= 0.3 is 0 Å². The largest absolute Gasteiger partial charge is 0.493 e. The molecule has 1 aromatic heterocycles. The van der Waals surface area contributed by atoms with Gasteiger partial charge in [-0.25, -0.2) is 0 Å². The van der Waals surface area contributed by atoms with E-state index in [9.17, 15) is 4.79 Å². The summed E-state index contributed by atoms with van der Waals surface area (Å²) < 4.78 is 16.0. The zero-order valence-corrected chi connectivity index (χ0v) is 16.7. The molecule has 1 N–H and O–H groups in total. The van der Waals surface area contributed by atoms with Crippen LogP contribution in [0.15, 0.2) is 29.0 Å². The molecule has 2 aromatic rings. The van der Waals surface area contributed by atoms with Crippen molar-refractivity contribution < 1.29 is 19.0 Å². The van der Waals surface area contributed by atoms with Gasteiger partial charge in [0.05, 0.1) is 33.8 Å². The molecule has 1 amide bonds. The minimum absolute atomic E-state index is 0.0543. The fourth-order valence-corrected chi connectivity index (χ4v) is 3.47. The molecular formula is C19H26N2O4S. The summed E-state index contributed by atoms with van der Waals surface area (Å²) >= 11 is 1.65. The first-order valence-corrected chi connectivity index (χ1v) is 9.18. The van der Waals surface area contributed by atoms with Gasteiger partial charge in [-0.1, -0.05) is 0 Å². The summed E-state index contributed by atoms with van der Waals surface area (Å²) in [6.45, 7) is 0.549. The molecule has 0 spiro atoms. The van der Waals surface area contributed by atoms with Crippen LogP contribution in [0.25, 0.3) is 0 Å². The van der Waals surface area contributed by atoms with E-state index >= 15 is 0 Å². The molecule has 6 nitrogen and oxygen atoms in total. The summed E-state index contributed by atoms with van der Waals surface area (Å²) in [7, 11) is 8.69. The van der Waals surface area contributed by atoms with Crippen molar-refractivity contribution in [3.8, 4) is 17.2 Å². The number of carbonyl (C=O) groups excluding carboxylic acids is 1. The minimum atomic E-state index is -0.0543. The second-order valence-electron chi connectivity index (χ2n) is 6.05. The zero-order valence-electron chi connectivity index (χ0n) is 15.9. The molecule has 1 aromatic carbocycles. The third kappa shape index (κ3) is 4.89. The number of rotatable bonds is 9. The number of benzene rings is 1. The van der Waals surface area contributed by atoms with Crippen LogP contribution in [0.3, 0.4) is 0 Å². The minimum Gasteiger partial charge on any atom is -0.493 e. The normalized spacial score (nSPS) is 11.9. The van der Waals surface area contributed by atoms with E-state index in [0.29, 0.717) is 23.8 Å². The van der Waals surface area contributed by atoms with Crippen molar-refractivity contribution in [3.63, 3.8) is 0 Å². The Kier molecular flexibility index (Phi) is 7.29. The maximum atomic E-state index is 12.4. The molecular weight excluding hydrogens is 352 g/mol. The Labute approximate surface area is 158 Å². The molecule has 0 unspecified atom stereocenters. The van der Waals surface area contributed by atoms with Crippen molar-refractivity contribution in [2.24, 2.45) is 0 Å². The Morgan fingerprint density at radius 1 is 1.15 bits per heavy atom. The number of ether oxygens (including phenoxy) is 3. The molecule has 0 saturated carbocycles. The first-order valence-electron chi connectivity index (χ1n) is 8.24. The Balaban J connectivity index is 2.05. The summed E-state index contributed by atoms with van der Waals surface area (Å²) in [5.41, 5.74) is 2.00. The van der Waals surface area contributed by atoms with Gasteiger partial charge in [0.25, 0.3) is 0 Å². The lowest BCUT2D eigenvalue weighted by Gasteiger charge is -2.24. The number of carbonyl (C=O) groups is 1. The molecule has 142 valence electrons. The quantitative estimate of drug-likeness (QED) is 0.727. The predicted molar refractivity (Wildman–Crippen MR) is 104 cm³/mol. The SMILES string of the molecule is COc1cc(CC(=O)NC[C@H](c2ccsc2)N(C)C)cc(OC)c1OC. The number of hydrogen-bond donors (Lipinski definition) is 1. The Morgan fingerprint density at radius 3 is 2.27 bits per heavy atom. The highest BCUT2D eigenvalue weighted by molar-refractivity contribution is 7.07. The standard InChI is InChI=1S/C19H26N2O4S/c1-21(2)15(14-6-7-26-12-14)11-20-18(22)10-13-8-16(23-3)19(25-5)17(9-13)24-4/h6-9,12,15H,10-11H2,1-5H3,(H,20,22)/t15-/m1/s1. The summed E-state index contributed by atoms with van der Waals surface area (Å²) in [5, 5.41) is 7.17. The van der Waals surface area contributed by atoms with E-state index in [0.717, 1.165) is 5.56 Å². The predicted octanol–water partition coefficient (Wildman–Crippen LogP) is 2.74. The van der Waals surface area contributed by atoms with E-state index in [2.05, 4.69) is 21.7 Å². The van der Waals surface area contributed by atoms with Crippen LogP contribution in [-0.2, 0) is 11.2 Å². The van der Waals surface area contributed by atoms with Gasteiger partial charge in [-0.2, -0.15) is 11.3 Å². The second-order valence-corrected chi connectivity index (χ2v) is 6.83. The third-order valence-electron chi connectivity index (χ3n) is 4.13. The number of amides is 1. The smallest absolute Gasteiger partial charge is 0.224 e. The third-order valence-corrected chi connectivity index (χ3v) is 4.83. The van der Waals surface area contributed by atoms with Crippen molar-refractivity contribution in [3.05, 3.63) is 40.1 Å². The van der Waals surface area contributed by atoms with E-state index in [4.69, 9.17) is 14.2 Å². The summed E-state index contributed by atoms with van der Waals surface area (Å²) in [4.78, 5) is 14.5. The molecule has 0 aliphatic rings. The number of thiophene rings is 1. The van der Waals surface area contributed by atoms with E-state index in [1.165, 1.54) is 5.56 Å². The fourth-order valence-electron chi connectivity index (χ4n) is 2.76. The van der Waals surface area contributed by atoms with Crippen molar-refractivity contribution in [2.75, 3.05) is 42.0 Å². The molecule has 0 aliphatic heterocycles. The van der Waals surface area contributed by atoms with Crippen LogP contribution in [0, 0.1) is 0 Å². The Hall–Kier alpha value is -2.25. The van der Waals surface area contributed by atoms with Gasteiger partial charge in [0.2, 0.25) is 11.7 Å². The van der Waals surface area contributed by atoms with Gasteiger partial charge in [-0.05, 0) is 54.2 Å². The fraction of sp³-hybridized carbons (Fsp3) is 0.421. The van der Waals surface area contributed by atoms with Gasteiger partial charge in [-0.15, -0.1) is 0 Å². The molecule has 1 heterocycles. The average molecular weight is 378 g/mol. The van der Waals surface area contributed by atoms with E-state index in [-0.39, 0.29) is 18.4 Å². The van der Waals surface area contributed by atoms with E-state index < -0.39 is 0 Å².